The highest BCUT2D eigenvalue weighted by Crippen LogP contribution is 2.13. The molecule has 0 saturated carbocycles. The number of Topliss-reactive ketones (excluding diaryl/α,β-unsaturated/α-hetero) is 1. The topological polar surface area (TPSA) is 43.1 Å². The Morgan fingerprint density at radius 2 is 2.20 bits per heavy atom. The van der Waals surface area contributed by atoms with E-state index in [1.54, 1.807) is 0 Å². The highest BCUT2D eigenvalue weighted by molar-refractivity contribution is 6.00. The summed E-state index contributed by atoms with van der Waals surface area (Å²) in [6.45, 7) is 0. The molecule has 2 nitrogen and oxygen atoms in total. The highest BCUT2D eigenvalue weighted by atomic mass is 19.2. The molecular weight excluding hydrogens is 200 g/mol. The summed E-state index contributed by atoms with van der Waals surface area (Å²) in [5.41, 5.74) is 5.03. The van der Waals surface area contributed by atoms with E-state index in [9.17, 15) is 13.6 Å². The minimum absolute atomic E-state index is 0.00517. The van der Waals surface area contributed by atoms with Crippen LogP contribution < -0.4 is 5.73 Å². The van der Waals surface area contributed by atoms with Crippen LogP contribution in [-0.4, -0.2) is 11.8 Å². The van der Waals surface area contributed by atoms with E-state index in [4.69, 9.17) is 12.2 Å². The number of nitrogens with two attached hydrogens (primary N) is 1. The van der Waals surface area contributed by atoms with Gasteiger partial charge in [-0.2, -0.15) is 0 Å². The molecule has 0 spiro atoms. The van der Waals surface area contributed by atoms with Gasteiger partial charge in [0.1, 0.15) is 0 Å². The molecule has 0 heterocycles. The molecule has 0 aliphatic carbocycles. The molecule has 0 aliphatic heterocycles. The average molecular weight is 209 g/mol. The van der Waals surface area contributed by atoms with Crippen LogP contribution in [0.3, 0.4) is 0 Å². The lowest BCUT2D eigenvalue weighted by atomic mass is 10.0. The molecule has 1 unspecified atom stereocenters. The normalized spacial score (nSPS) is 11.9. The SMILES string of the molecule is C#CCC(N)C(=O)c1cccc(F)c1F. The lowest BCUT2D eigenvalue weighted by molar-refractivity contribution is 0.0958. The molecule has 0 aliphatic rings. The first-order valence-electron chi connectivity index (χ1n) is 4.25. The highest BCUT2D eigenvalue weighted by Gasteiger charge is 2.20. The fourth-order valence-corrected chi connectivity index (χ4v) is 1.11. The third-order valence-corrected chi connectivity index (χ3v) is 1.89. The zero-order valence-corrected chi connectivity index (χ0v) is 7.84. The Hall–Kier alpha value is -1.73. The van der Waals surface area contributed by atoms with Crippen LogP contribution in [0.1, 0.15) is 16.8 Å². The molecule has 1 aromatic rings. The molecule has 0 bridgehead atoms. The van der Waals surface area contributed by atoms with Crippen LogP contribution in [0.15, 0.2) is 18.2 Å². The minimum Gasteiger partial charge on any atom is -0.320 e. The predicted molar refractivity (Wildman–Crippen MR) is 52.1 cm³/mol. The summed E-state index contributed by atoms with van der Waals surface area (Å²) in [6, 6.07) is 2.36. The summed E-state index contributed by atoms with van der Waals surface area (Å²) in [6.07, 6.45) is 4.96. The largest absolute Gasteiger partial charge is 0.320 e. The molecule has 0 aromatic heterocycles. The number of carbonyl (C=O) groups is 1. The molecule has 0 amide bonds. The molecule has 1 aromatic carbocycles. The Morgan fingerprint density at radius 3 is 2.80 bits per heavy atom. The van der Waals surface area contributed by atoms with E-state index in [1.807, 2.05) is 0 Å². The van der Waals surface area contributed by atoms with Gasteiger partial charge in [0.05, 0.1) is 11.6 Å². The molecule has 78 valence electrons. The summed E-state index contributed by atoms with van der Waals surface area (Å²) in [7, 11) is 0. The van der Waals surface area contributed by atoms with Gasteiger partial charge in [-0.3, -0.25) is 4.79 Å². The fraction of sp³-hybridized carbons (Fsp3) is 0.182. The van der Waals surface area contributed by atoms with Crippen molar-refractivity contribution in [3.8, 4) is 12.3 Å². The molecule has 2 N–H and O–H groups in total. The number of rotatable bonds is 3. The van der Waals surface area contributed by atoms with Crippen molar-refractivity contribution in [3.05, 3.63) is 35.4 Å². The first-order chi connectivity index (χ1) is 7.07. The van der Waals surface area contributed by atoms with Crippen LogP contribution in [0, 0.1) is 24.0 Å². The quantitative estimate of drug-likeness (QED) is 0.605. The molecule has 15 heavy (non-hydrogen) atoms. The molecule has 4 heteroatoms. The summed E-state index contributed by atoms with van der Waals surface area (Å²) < 4.78 is 25.9. The van der Waals surface area contributed by atoms with E-state index in [0.717, 1.165) is 6.07 Å². The van der Waals surface area contributed by atoms with Gasteiger partial charge in [0.2, 0.25) is 0 Å². The van der Waals surface area contributed by atoms with Crippen LogP contribution in [0.4, 0.5) is 8.78 Å². The molecule has 0 fully saturated rings. The van der Waals surface area contributed by atoms with Crippen molar-refractivity contribution in [1.82, 2.24) is 0 Å². The zero-order valence-electron chi connectivity index (χ0n) is 7.84. The Balaban J connectivity index is 3.02. The van der Waals surface area contributed by atoms with Crippen LogP contribution in [-0.2, 0) is 0 Å². The van der Waals surface area contributed by atoms with Gasteiger partial charge in [-0.05, 0) is 12.1 Å². The molecule has 0 saturated heterocycles. The van der Waals surface area contributed by atoms with Crippen molar-refractivity contribution in [2.24, 2.45) is 5.73 Å². The van der Waals surface area contributed by atoms with E-state index in [-0.39, 0.29) is 12.0 Å². The first-order valence-corrected chi connectivity index (χ1v) is 4.25. The number of hydrogen-bond acceptors (Lipinski definition) is 2. The Morgan fingerprint density at radius 1 is 1.53 bits per heavy atom. The lowest BCUT2D eigenvalue weighted by Crippen LogP contribution is -2.30. The number of terminal acetylenes is 1. The lowest BCUT2D eigenvalue weighted by Gasteiger charge is -2.07. The number of ketones is 1. The van der Waals surface area contributed by atoms with Crippen LogP contribution >= 0.6 is 0 Å². The van der Waals surface area contributed by atoms with E-state index < -0.39 is 23.5 Å². The maximum Gasteiger partial charge on any atom is 0.183 e. The van der Waals surface area contributed by atoms with Crippen molar-refractivity contribution >= 4 is 5.78 Å². The van der Waals surface area contributed by atoms with Gasteiger partial charge < -0.3 is 5.73 Å². The number of benzene rings is 1. The second kappa shape index (κ2) is 4.67. The summed E-state index contributed by atoms with van der Waals surface area (Å²) in [5.74, 6) is -0.760. The van der Waals surface area contributed by atoms with Gasteiger partial charge in [-0.25, -0.2) is 8.78 Å². The summed E-state index contributed by atoms with van der Waals surface area (Å²) in [4.78, 5) is 11.5. The minimum atomic E-state index is -1.19. The van der Waals surface area contributed by atoms with E-state index >= 15 is 0 Å². The van der Waals surface area contributed by atoms with Crippen molar-refractivity contribution in [1.29, 1.82) is 0 Å². The fourth-order valence-electron chi connectivity index (χ4n) is 1.11. The first kappa shape index (κ1) is 11.3. The third-order valence-electron chi connectivity index (χ3n) is 1.89. The Bertz CT molecular complexity index is 423. The second-order valence-electron chi connectivity index (χ2n) is 2.98. The van der Waals surface area contributed by atoms with Crippen LogP contribution in [0.5, 0.6) is 0 Å². The van der Waals surface area contributed by atoms with Crippen molar-refractivity contribution < 1.29 is 13.6 Å². The van der Waals surface area contributed by atoms with Gasteiger partial charge in [-0.1, -0.05) is 6.07 Å². The smallest absolute Gasteiger partial charge is 0.183 e. The monoisotopic (exact) mass is 209 g/mol. The summed E-state index contributed by atoms with van der Waals surface area (Å²) in [5, 5.41) is 0. The van der Waals surface area contributed by atoms with Gasteiger partial charge in [0, 0.05) is 6.42 Å². The standard InChI is InChI=1S/C11H9F2NO/c1-2-4-9(14)11(15)7-5-3-6-8(12)10(7)13/h1,3,5-6,9H,4,14H2. The Labute approximate surface area is 86.1 Å². The molecule has 1 rings (SSSR count). The van der Waals surface area contributed by atoms with Crippen LogP contribution in [0.2, 0.25) is 0 Å². The number of hydrogen-bond donors (Lipinski definition) is 1. The second-order valence-corrected chi connectivity index (χ2v) is 2.98. The van der Waals surface area contributed by atoms with Crippen molar-refractivity contribution in [3.63, 3.8) is 0 Å². The summed E-state index contributed by atoms with van der Waals surface area (Å²) >= 11 is 0. The third kappa shape index (κ3) is 2.39. The van der Waals surface area contributed by atoms with Crippen molar-refractivity contribution in [2.45, 2.75) is 12.5 Å². The van der Waals surface area contributed by atoms with Gasteiger partial charge in [-0.15, -0.1) is 12.3 Å². The van der Waals surface area contributed by atoms with Gasteiger partial charge in [0.25, 0.3) is 0 Å². The van der Waals surface area contributed by atoms with E-state index in [2.05, 4.69) is 5.92 Å². The Kier molecular flexibility index (Phi) is 3.53. The van der Waals surface area contributed by atoms with E-state index in [1.165, 1.54) is 12.1 Å². The van der Waals surface area contributed by atoms with Crippen molar-refractivity contribution in [2.75, 3.05) is 0 Å². The maximum absolute atomic E-state index is 13.1. The van der Waals surface area contributed by atoms with Gasteiger partial charge in [0.15, 0.2) is 17.4 Å². The predicted octanol–water partition coefficient (Wildman–Crippen LogP) is 1.50. The average Bonchev–Trinajstić information content (AvgIpc) is 2.21. The van der Waals surface area contributed by atoms with Crippen LogP contribution in [0.25, 0.3) is 0 Å². The molecule has 1 atom stereocenters. The number of halogens is 2. The maximum atomic E-state index is 13.1. The zero-order chi connectivity index (χ0) is 11.4. The molecule has 0 radical (unpaired) electrons. The number of carbonyl (C=O) groups excluding carboxylic acids is 1. The van der Waals surface area contributed by atoms with Gasteiger partial charge >= 0.3 is 0 Å². The molecular formula is C11H9F2NO. The van der Waals surface area contributed by atoms with E-state index in [0.29, 0.717) is 0 Å².